The molecule has 1 amide bonds. The van der Waals surface area contributed by atoms with Crippen molar-refractivity contribution in [1.29, 1.82) is 0 Å². The number of aliphatic hydroxyl groups is 1. The van der Waals surface area contributed by atoms with E-state index < -0.39 is 0 Å². The number of hydrogen-bond donors (Lipinski definition) is 3. The summed E-state index contributed by atoms with van der Waals surface area (Å²) in [6, 6.07) is 7.45. The highest BCUT2D eigenvalue weighted by atomic mass is 16.5. The molecule has 5 nitrogen and oxygen atoms in total. The van der Waals surface area contributed by atoms with E-state index in [4.69, 9.17) is 15.6 Å². The van der Waals surface area contributed by atoms with Crippen LogP contribution < -0.4 is 11.1 Å². The van der Waals surface area contributed by atoms with E-state index in [0.29, 0.717) is 32.6 Å². The first-order valence-electron chi connectivity index (χ1n) is 6.04. The Labute approximate surface area is 107 Å². The van der Waals surface area contributed by atoms with Gasteiger partial charge in [-0.15, -0.1) is 0 Å². The quantitative estimate of drug-likeness (QED) is 0.599. The molecule has 100 valence electrons. The van der Waals surface area contributed by atoms with Crippen LogP contribution in [0.25, 0.3) is 0 Å². The average Bonchev–Trinajstić information content (AvgIpc) is 2.39. The van der Waals surface area contributed by atoms with Gasteiger partial charge in [-0.25, -0.2) is 0 Å². The molecule has 18 heavy (non-hydrogen) atoms. The van der Waals surface area contributed by atoms with Crippen LogP contribution in [0.15, 0.2) is 24.3 Å². The second-order valence-electron chi connectivity index (χ2n) is 3.85. The monoisotopic (exact) mass is 252 g/mol. The fourth-order valence-electron chi connectivity index (χ4n) is 1.47. The SMILES string of the molecule is NCc1ccccc1NC(=O)CCOCCCO. The number of nitrogens with two attached hydrogens (primary N) is 1. The van der Waals surface area contributed by atoms with Gasteiger partial charge < -0.3 is 20.9 Å². The molecule has 0 spiro atoms. The molecule has 4 N–H and O–H groups in total. The molecule has 0 bridgehead atoms. The van der Waals surface area contributed by atoms with E-state index in [1.807, 2.05) is 24.3 Å². The predicted octanol–water partition coefficient (Wildman–Crippen LogP) is 0.873. The van der Waals surface area contributed by atoms with Crippen LogP contribution in [-0.2, 0) is 16.1 Å². The number of benzene rings is 1. The fraction of sp³-hybridized carbons (Fsp3) is 0.462. The van der Waals surface area contributed by atoms with Gasteiger partial charge >= 0.3 is 0 Å². The van der Waals surface area contributed by atoms with Gasteiger partial charge in [0.15, 0.2) is 0 Å². The number of amides is 1. The summed E-state index contributed by atoms with van der Waals surface area (Å²) in [6.07, 6.45) is 0.891. The van der Waals surface area contributed by atoms with Crippen LogP contribution >= 0.6 is 0 Å². The summed E-state index contributed by atoms with van der Waals surface area (Å²) in [5, 5.41) is 11.4. The predicted molar refractivity (Wildman–Crippen MR) is 70.1 cm³/mol. The number of anilines is 1. The van der Waals surface area contributed by atoms with Gasteiger partial charge in [0, 0.05) is 25.4 Å². The lowest BCUT2D eigenvalue weighted by atomic mass is 10.2. The zero-order valence-corrected chi connectivity index (χ0v) is 10.4. The number of carbonyl (C=O) groups excluding carboxylic acids is 1. The highest BCUT2D eigenvalue weighted by molar-refractivity contribution is 5.91. The second kappa shape index (κ2) is 8.63. The van der Waals surface area contributed by atoms with E-state index in [2.05, 4.69) is 5.32 Å². The van der Waals surface area contributed by atoms with Gasteiger partial charge in [0.25, 0.3) is 0 Å². The number of rotatable bonds is 8. The first-order chi connectivity index (χ1) is 8.77. The van der Waals surface area contributed by atoms with E-state index in [9.17, 15) is 4.79 Å². The molecule has 1 aromatic carbocycles. The molecular formula is C13H20N2O3. The van der Waals surface area contributed by atoms with Crippen molar-refractivity contribution in [2.75, 3.05) is 25.1 Å². The van der Waals surface area contributed by atoms with Crippen molar-refractivity contribution in [1.82, 2.24) is 0 Å². The van der Waals surface area contributed by atoms with Crippen LogP contribution in [0.2, 0.25) is 0 Å². The Balaban J connectivity index is 2.31. The Hall–Kier alpha value is -1.43. The minimum absolute atomic E-state index is 0.0973. The summed E-state index contributed by atoms with van der Waals surface area (Å²) < 4.78 is 5.19. The van der Waals surface area contributed by atoms with Gasteiger partial charge in [-0.3, -0.25) is 4.79 Å². The van der Waals surface area contributed by atoms with E-state index in [1.165, 1.54) is 0 Å². The normalized spacial score (nSPS) is 10.3. The van der Waals surface area contributed by atoms with Crippen molar-refractivity contribution in [3.63, 3.8) is 0 Å². The van der Waals surface area contributed by atoms with Gasteiger partial charge in [0.1, 0.15) is 0 Å². The third kappa shape index (κ3) is 5.27. The lowest BCUT2D eigenvalue weighted by Gasteiger charge is -2.09. The average molecular weight is 252 g/mol. The largest absolute Gasteiger partial charge is 0.396 e. The topological polar surface area (TPSA) is 84.6 Å². The molecule has 0 atom stereocenters. The summed E-state index contributed by atoms with van der Waals surface area (Å²) in [4.78, 5) is 11.6. The molecule has 0 aliphatic rings. The van der Waals surface area contributed by atoms with E-state index in [-0.39, 0.29) is 12.5 Å². The third-order valence-electron chi connectivity index (χ3n) is 2.43. The maximum absolute atomic E-state index is 11.6. The lowest BCUT2D eigenvalue weighted by Crippen LogP contribution is -2.16. The molecule has 0 aromatic heterocycles. The Bertz CT molecular complexity index is 369. The van der Waals surface area contributed by atoms with Gasteiger partial charge in [0.2, 0.25) is 5.91 Å². The first-order valence-corrected chi connectivity index (χ1v) is 6.04. The van der Waals surface area contributed by atoms with Crippen LogP contribution in [0.1, 0.15) is 18.4 Å². The number of nitrogens with one attached hydrogen (secondary N) is 1. The maximum Gasteiger partial charge on any atom is 0.226 e. The number of ether oxygens (including phenoxy) is 1. The van der Waals surface area contributed by atoms with E-state index >= 15 is 0 Å². The molecule has 0 radical (unpaired) electrons. The maximum atomic E-state index is 11.6. The molecule has 5 heteroatoms. The minimum atomic E-state index is -0.0973. The Morgan fingerprint density at radius 1 is 1.33 bits per heavy atom. The molecule has 0 aliphatic heterocycles. The van der Waals surface area contributed by atoms with Crippen molar-refractivity contribution in [3.8, 4) is 0 Å². The highest BCUT2D eigenvalue weighted by Gasteiger charge is 2.05. The van der Waals surface area contributed by atoms with Crippen molar-refractivity contribution in [2.45, 2.75) is 19.4 Å². The van der Waals surface area contributed by atoms with E-state index in [1.54, 1.807) is 0 Å². The number of para-hydroxylation sites is 1. The van der Waals surface area contributed by atoms with Gasteiger partial charge in [0.05, 0.1) is 13.0 Å². The van der Waals surface area contributed by atoms with Crippen molar-refractivity contribution < 1.29 is 14.6 Å². The third-order valence-corrected chi connectivity index (χ3v) is 2.43. The molecule has 0 aliphatic carbocycles. The lowest BCUT2D eigenvalue weighted by molar-refractivity contribution is -0.117. The van der Waals surface area contributed by atoms with Crippen molar-refractivity contribution in [3.05, 3.63) is 29.8 Å². The fourth-order valence-corrected chi connectivity index (χ4v) is 1.47. The van der Waals surface area contributed by atoms with Gasteiger partial charge in [-0.2, -0.15) is 0 Å². The van der Waals surface area contributed by atoms with Crippen molar-refractivity contribution in [2.24, 2.45) is 5.73 Å². The number of aliphatic hydroxyl groups excluding tert-OH is 1. The van der Waals surface area contributed by atoms with Gasteiger partial charge in [-0.1, -0.05) is 18.2 Å². The first kappa shape index (κ1) is 14.6. The standard InChI is InChI=1S/C13H20N2O3/c14-10-11-4-1-2-5-12(11)15-13(17)6-9-18-8-3-7-16/h1-2,4-5,16H,3,6-10,14H2,(H,15,17). The zero-order valence-electron chi connectivity index (χ0n) is 10.4. The summed E-state index contributed by atoms with van der Waals surface area (Å²) >= 11 is 0. The Morgan fingerprint density at radius 3 is 2.83 bits per heavy atom. The molecule has 0 unspecified atom stereocenters. The Kier molecular flexibility index (Phi) is 7.01. The van der Waals surface area contributed by atoms with Crippen LogP contribution in [-0.4, -0.2) is 30.8 Å². The molecule has 0 saturated heterocycles. The zero-order chi connectivity index (χ0) is 13.2. The number of hydrogen-bond acceptors (Lipinski definition) is 4. The molecular weight excluding hydrogens is 232 g/mol. The van der Waals surface area contributed by atoms with Crippen LogP contribution in [0.4, 0.5) is 5.69 Å². The molecule has 0 fully saturated rings. The smallest absolute Gasteiger partial charge is 0.226 e. The highest BCUT2D eigenvalue weighted by Crippen LogP contribution is 2.14. The number of carbonyl (C=O) groups is 1. The van der Waals surface area contributed by atoms with Crippen LogP contribution in [0.5, 0.6) is 0 Å². The molecule has 0 saturated carbocycles. The molecule has 1 aromatic rings. The van der Waals surface area contributed by atoms with Crippen molar-refractivity contribution >= 4 is 11.6 Å². The van der Waals surface area contributed by atoms with E-state index in [0.717, 1.165) is 11.3 Å². The summed E-state index contributed by atoms with van der Waals surface area (Å²) in [5.41, 5.74) is 7.24. The molecule has 1 rings (SSSR count). The summed E-state index contributed by atoms with van der Waals surface area (Å²) in [7, 11) is 0. The summed E-state index contributed by atoms with van der Waals surface area (Å²) in [6.45, 7) is 1.33. The second-order valence-corrected chi connectivity index (χ2v) is 3.85. The van der Waals surface area contributed by atoms with Crippen LogP contribution in [0.3, 0.4) is 0 Å². The minimum Gasteiger partial charge on any atom is -0.396 e. The van der Waals surface area contributed by atoms with Crippen LogP contribution in [0, 0.1) is 0 Å². The van der Waals surface area contributed by atoms with Gasteiger partial charge in [-0.05, 0) is 18.1 Å². The molecule has 0 heterocycles. The Morgan fingerprint density at radius 2 is 2.11 bits per heavy atom. The summed E-state index contributed by atoms with van der Waals surface area (Å²) in [5.74, 6) is -0.0973.